The fourth-order valence-corrected chi connectivity index (χ4v) is 1.20. The first-order valence-corrected chi connectivity index (χ1v) is 4.79. The van der Waals surface area contributed by atoms with E-state index in [1.807, 2.05) is 0 Å². The van der Waals surface area contributed by atoms with E-state index in [0.29, 0.717) is 6.54 Å². The summed E-state index contributed by atoms with van der Waals surface area (Å²) in [5.74, 6) is -1.05. The Morgan fingerprint density at radius 3 is 2.87 bits per heavy atom. The Morgan fingerprint density at radius 2 is 2.27 bits per heavy atom. The van der Waals surface area contributed by atoms with Crippen LogP contribution in [0.4, 0.5) is 4.39 Å². The maximum absolute atomic E-state index is 13.2. The minimum atomic E-state index is -0.635. The first-order chi connectivity index (χ1) is 7.15. The van der Waals surface area contributed by atoms with Gasteiger partial charge in [0.1, 0.15) is 12.4 Å². The van der Waals surface area contributed by atoms with Crippen LogP contribution in [-0.4, -0.2) is 25.5 Å². The second-order valence-corrected chi connectivity index (χ2v) is 3.33. The van der Waals surface area contributed by atoms with Gasteiger partial charge in [-0.2, -0.15) is 0 Å². The van der Waals surface area contributed by atoms with Crippen LogP contribution in [0, 0.1) is 5.82 Å². The van der Waals surface area contributed by atoms with Crippen molar-refractivity contribution < 1.29 is 13.9 Å². The maximum atomic E-state index is 13.2. The predicted molar refractivity (Wildman–Crippen MR) is 55.6 cm³/mol. The van der Waals surface area contributed by atoms with Gasteiger partial charge >= 0.3 is 0 Å². The van der Waals surface area contributed by atoms with E-state index in [4.69, 9.17) is 22.1 Å². The van der Waals surface area contributed by atoms with E-state index >= 15 is 0 Å². The molecule has 0 aliphatic carbocycles. The molecule has 0 heterocycles. The molecule has 1 aromatic rings. The zero-order valence-electron chi connectivity index (χ0n) is 8.00. The van der Waals surface area contributed by atoms with Crippen LogP contribution >= 0.6 is 11.6 Å². The molecular formula is C10H11ClFNO2. The molecule has 15 heavy (non-hydrogen) atoms. The Hall–Kier alpha value is -0.970. The summed E-state index contributed by atoms with van der Waals surface area (Å²) in [6.45, 7) is 0.438. The molecule has 0 aromatic heterocycles. The normalized spacial score (nSPS) is 10.3. The monoisotopic (exact) mass is 231 g/mol. The Balaban J connectivity index is 2.65. The molecule has 0 aliphatic heterocycles. The van der Waals surface area contributed by atoms with E-state index in [1.54, 1.807) is 0 Å². The Kier molecular flexibility index (Phi) is 4.68. The highest BCUT2D eigenvalue weighted by atomic mass is 35.5. The summed E-state index contributed by atoms with van der Waals surface area (Å²) in [5, 5.41) is 0.256. The topological polar surface area (TPSA) is 52.3 Å². The molecule has 0 amide bonds. The van der Waals surface area contributed by atoms with Gasteiger partial charge in [0.2, 0.25) is 0 Å². The van der Waals surface area contributed by atoms with Gasteiger partial charge in [-0.1, -0.05) is 11.6 Å². The summed E-state index contributed by atoms with van der Waals surface area (Å²) in [5.41, 5.74) is 5.16. The molecule has 0 aliphatic rings. The summed E-state index contributed by atoms with van der Waals surface area (Å²) in [4.78, 5) is 11.4. The lowest BCUT2D eigenvalue weighted by molar-refractivity contribution is 0.0770. The van der Waals surface area contributed by atoms with Crippen molar-refractivity contribution in [1.29, 1.82) is 0 Å². The average molecular weight is 232 g/mol. The number of benzene rings is 1. The first-order valence-electron chi connectivity index (χ1n) is 4.41. The van der Waals surface area contributed by atoms with E-state index in [9.17, 15) is 9.18 Å². The predicted octanol–water partition coefficient (Wildman–Crippen LogP) is 1.64. The van der Waals surface area contributed by atoms with Crippen LogP contribution < -0.4 is 5.73 Å². The van der Waals surface area contributed by atoms with Crippen LogP contribution in [0.25, 0.3) is 0 Å². The zero-order valence-corrected chi connectivity index (χ0v) is 8.76. The molecule has 1 aromatic carbocycles. The largest absolute Gasteiger partial charge is 0.372 e. The van der Waals surface area contributed by atoms with E-state index in [-0.39, 0.29) is 23.8 Å². The van der Waals surface area contributed by atoms with Crippen LogP contribution in [0.1, 0.15) is 10.4 Å². The van der Waals surface area contributed by atoms with Crippen molar-refractivity contribution in [3.05, 3.63) is 34.6 Å². The molecule has 0 saturated carbocycles. The lowest BCUT2D eigenvalue weighted by Gasteiger charge is -2.03. The van der Waals surface area contributed by atoms with Gasteiger partial charge in [-0.25, -0.2) is 4.39 Å². The molecule has 1 rings (SSSR count). The van der Waals surface area contributed by atoms with Crippen molar-refractivity contribution in [2.45, 2.75) is 0 Å². The third-order valence-electron chi connectivity index (χ3n) is 1.73. The second-order valence-electron chi connectivity index (χ2n) is 2.89. The Labute approximate surface area is 92.0 Å². The van der Waals surface area contributed by atoms with Gasteiger partial charge in [0.05, 0.1) is 12.2 Å². The van der Waals surface area contributed by atoms with E-state index in [0.717, 1.165) is 6.07 Å². The fourth-order valence-electron chi connectivity index (χ4n) is 1.04. The number of hydrogen-bond acceptors (Lipinski definition) is 3. The molecule has 3 nitrogen and oxygen atoms in total. The fraction of sp³-hybridized carbons (Fsp3) is 0.300. The number of hydrogen-bond donors (Lipinski definition) is 1. The van der Waals surface area contributed by atoms with Crippen LogP contribution in [0.2, 0.25) is 5.02 Å². The zero-order chi connectivity index (χ0) is 11.3. The number of ketones is 1. The molecule has 82 valence electrons. The molecule has 2 N–H and O–H groups in total. The second kappa shape index (κ2) is 5.80. The quantitative estimate of drug-likeness (QED) is 0.619. The van der Waals surface area contributed by atoms with Crippen LogP contribution in [0.3, 0.4) is 0 Å². The number of carbonyl (C=O) groups is 1. The van der Waals surface area contributed by atoms with Crippen molar-refractivity contribution in [3.63, 3.8) is 0 Å². The van der Waals surface area contributed by atoms with Gasteiger partial charge in [0, 0.05) is 11.6 Å². The van der Waals surface area contributed by atoms with Gasteiger partial charge < -0.3 is 10.5 Å². The first kappa shape index (κ1) is 12.1. The SMILES string of the molecule is NCCOCC(=O)c1ccc(Cl)cc1F. The Bertz CT molecular complexity index is 357. The van der Waals surface area contributed by atoms with E-state index in [2.05, 4.69) is 0 Å². The van der Waals surface area contributed by atoms with Gasteiger partial charge in [0.15, 0.2) is 5.78 Å². The molecular weight excluding hydrogens is 221 g/mol. The molecule has 0 radical (unpaired) electrons. The molecule has 5 heteroatoms. The van der Waals surface area contributed by atoms with Crippen molar-refractivity contribution in [2.75, 3.05) is 19.8 Å². The lowest BCUT2D eigenvalue weighted by Crippen LogP contribution is -2.15. The summed E-state index contributed by atoms with van der Waals surface area (Å²) in [6, 6.07) is 3.89. The van der Waals surface area contributed by atoms with Crippen molar-refractivity contribution >= 4 is 17.4 Å². The molecule has 0 atom stereocenters. The van der Waals surface area contributed by atoms with Crippen molar-refractivity contribution in [1.82, 2.24) is 0 Å². The van der Waals surface area contributed by atoms with Crippen LogP contribution in [0.5, 0.6) is 0 Å². The molecule has 0 unspecified atom stereocenters. The highest BCUT2D eigenvalue weighted by Crippen LogP contribution is 2.15. The lowest BCUT2D eigenvalue weighted by atomic mass is 10.1. The van der Waals surface area contributed by atoms with Crippen LogP contribution in [-0.2, 0) is 4.74 Å². The van der Waals surface area contributed by atoms with Crippen molar-refractivity contribution in [3.8, 4) is 0 Å². The summed E-state index contributed by atoms with van der Waals surface area (Å²) in [7, 11) is 0. The summed E-state index contributed by atoms with van der Waals surface area (Å²) < 4.78 is 18.1. The molecule has 0 saturated heterocycles. The number of carbonyl (C=O) groups excluding carboxylic acids is 1. The van der Waals surface area contributed by atoms with Gasteiger partial charge in [0.25, 0.3) is 0 Å². The van der Waals surface area contributed by atoms with E-state index < -0.39 is 11.6 Å². The summed E-state index contributed by atoms with van der Waals surface area (Å²) in [6.07, 6.45) is 0. The summed E-state index contributed by atoms with van der Waals surface area (Å²) >= 11 is 5.55. The minimum Gasteiger partial charge on any atom is -0.372 e. The number of halogens is 2. The number of rotatable bonds is 5. The molecule has 0 spiro atoms. The van der Waals surface area contributed by atoms with E-state index in [1.165, 1.54) is 12.1 Å². The third kappa shape index (κ3) is 3.58. The van der Waals surface area contributed by atoms with Gasteiger partial charge in [-0.05, 0) is 18.2 Å². The highest BCUT2D eigenvalue weighted by molar-refractivity contribution is 6.30. The number of nitrogens with two attached hydrogens (primary N) is 1. The molecule has 0 fully saturated rings. The number of Topliss-reactive ketones (excluding diaryl/α,β-unsaturated/α-hetero) is 1. The smallest absolute Gasteiger partial charge is 0.191 e. The third-order valence-corrected chi connectivity index (χ3v) is 1.96. The minimum absolute atomic E-state index is 0.0172. The number of ether oxygens (including phenoxy) is 1. The van der Waals surface area contributed by atoms with Crippen LogP contribution in [0.15, 0.2) is 18.2 Å². The van der Waals surface area contributed by atoms with Gasteiger partial charge in [-0.15, -0.1) is 0 Å². The van der Waals surface area contributed by atoms with Crippen molar-refractivity contribution in [2.24, 2.45) is 5.73 Å². The standard InChI is InChI=1S/C10H11ClFNO2/c11-7-1-2-8(9(12)5-7)10(14)6-15-4-3-13/h1-2,5H,3-4,6,13H2. The highest BCUT2D eigenvalue weighted by Gasteiger charge is 2.11. The van der Waals surface area contributed by atoms with Gasteiger partial charge in [-0.3, -0.25) is 4.79 Å². The average Bonchev–Trinajstić information content (AvgIpc) is 2.17. The molecule has 0 bridgehead atoms. The Morgan fingerprint density at radius 1 is 1.53 bits per heavy atom. The maximum Gasteiger partial charge on any atom is 0.191 e.